The Morgan fingerprint density at radius 1 is 1.18 bits per heavy atom. The van der Waals surface area contributed by atoms with Crippen LogP contribution in [0.15, 0.2) is 37.0 Å². The second-order valence-electron chi connectivity index (χ2n) is 3.39. The lowest BCUT2D eigenvalue weighted by atomic mass is 10.1. The summed E-state index contributed by atoms with van der Waals surface area (Å²) in [7, 11) is 0. The van der Waals surface area contributed by atoms with Gasteiger partial charge in [-0.05, 0) is 65.5 Å². The molecule has 2 aromatic rings. The van der Waals surface area contributed by atoms with Gasteiger partial charge in [0.25, 0.3) is 0 Å². The van der Waals surface area contributed by atoms with Gasteiger partial charge in [0, 0.05) is 13.8 Å². The third-order valence-electron chi connectivity index (χ3n) is 2.29. The van der Waals surface area contributed by atoms with E-state index in [9.17, 15) is 0 Å². The number of hydrogen-bond acceptors (Lipinski definition) is 2. The summed E-state index contributed by atoms with van der Waals surface area (Å²) in [6.07, 6.45) is 0. The lowest BCUT2D eigenvalue weighted by Gasteiger charge is -2.12. The monoisotopic (exact) mass is 457 g/mol. The molecule has 17 heavy (non-hydrogen) atoms. The summed E-state index contributed by atoms with van der Waals surface area (Å²) in [4.78, 5) is 1.06. The summed E-state index contributed by atoms with van der Waals surface area (Å²) in [5, 5.41) is 0.667. The maximum absolute atomic E-state index is 6.24. The number of thiophene rings is 1. The molecule has 1 unspecified atom stereocenters. The van der Waals surface area contributed by atoms with Gasteiger partial charge in [-0.2, -0.15) is 0 Å². The van der Waals surface area contributed by atoms with E-state index >= 15 is 0 Å². The smallest absolute Gasteiger partial charge is 0.0843 e. The molecular formula is C11H7Br3ClNS. The molecule has 0 saturated carbocycles. The molecule has 1 aromatic heterocycles. The molecule has 1 nitrogen and oxygen atoms in total. The van der Waals surface area contributed by atoms with E-state index in [1.54, 1.807) is 11.3 Å². The second-order valence-corrected chi connectivity index (χ2v) is 7.88. The van der Waals surface area contributed by atoms with Crippen molar-refractivity contribution in [3.05, 3.63) is 52.5 Å². The third kappa shape index (κ3) is 2.96. The summed E-state index contributed by atoms with van der Waals surface area (Å²) in [6.45, 7) is 0. The summed E-state index contributed by atoms with van der Waals surface area (Å²) < 4.78 is 2.91. The van der Waals surface area contributed by atoms with Crippen molar-refractivity contribution < 1.29 is 0 Å². The molecule has 0 saturated heterocycles. The highest BCUT2D eigenvalue weighted by atomic mass is 79.9. The van der Waals surface area contributed by atoms with Crippen molar-refractivity contribution in [1.82, 2.24) is 0 Å². The summed E-state index contributed by atoms with van der Waals surface area (Å²) in [5.74, 6) is 0. The molecule has 2 N–H and O–H groups in total. The Morgan fingerprint density at radius 2 is 1.88 bits per heavy atom. The molecule has 0 fully saturated rings. The van der Waals surface area contributed by atoms with Crippen molar-refractivity contribution in [3.63, 3.8) is 0 Å². The van der Waals surface area contributed by atoms with Gasteiger partial charge in [-0.25, -0.2) is 0 Å². The van der Waals surface area contributed by atoms with Crippen LogP contribution in [0.4, 0.5) is 0 Å². The molecule has 1 aromatic carbocycles. The first kappa shape index (κ1) is 14.0. The van der Waals surface area contributed by atoms with Gasteiger partial charge in [-0.15, -0.1) is 11.3 Å². The Morgan fingerprint density at radius 3 is 2.47 bits per heavy atom. The minimum atomic E-state index is -0.215. The van der Waals surface area contributed by atoms with Gasteiger partial charge >= 0.3 is 0 Å². The van der Waals surface area contributed by atoms with Crippen LogP contribution < -0.4 is 5.73 Å². The summed E-state index contributed by atoms with van der Waals surface area (Å²) in [6, 6.07) is 7.57. The van der Waals surface area contributed by atoms with Crippen LogP contribution in [0, 0.1) is 0 Å². The number of hydrogen-bond donors (Lipinski definition) is 1. The van der Waals surface area contributed by atoms with E-state index < -0.39 is 0 Å². The van der Waals surface area contributed by atoms with E-state index in [2.05, 4.69) is 47.8 Å². The molecule has 1 heterocycles. The van der Waals surface area contributed by atoms with Gasteiger partial charge in [-0.3, -0.25) is 0 Å². The average molecular weight is 460 g/mol. The first-order valence-corrected chi connectivity index (χ1v) is 8.22. The molecule has 0 aliphatic rings. The van der Waals surface area contributed by atoms with Gasteiger partial charge in [0.05, 0.1) is 14.9 Å². The SMILES string of the molecule is NC(c1cc(Br)c(Br)s1)c1cccc(Br)c1Cl. The van der Waals surface area contributed by atoms with E-state index in [1.165, 1.54) is 0 Å². The largest absolute Gasteiger partial charge is 0.320 e. The Labute approximate surface area is 134 Å². The number of halogens is 4. The zero-order chi connectivity index (χ0) is 12.6. The minimum Gasteiger partial charge on any atom is -0.320 e. The molecule has 2 rings (SSSR count). The Hall–Kier alpha value is 0.610. The van der Waals surface area contributed by atoms with Gasteiger partial charge < -0.3 is 5.73 Å². The highest BCUT2D eigenvalue weighted by Crippen LogP contribution is 2.39. The molecule has 0 amide bonds. The van der Waals surface area contributed by atoms with Crippen LogP contribution in [0.1, 0.15) is 16.5 Å². The van der Waals surface area contributed by atoms with Crippen LogP contribution in [0.2, 0.25) is 5.02 Å². The van der Waals surface area contributed by atoms with Crippen LogP contribution in [-0.2, 0) is 0 Å². The van der Waals surface area contributed by atoms with Crippen molar-refractivity contribution in [2.75, 3.05) is 0 Å². The third-order valence-corrected chi connectivity index (χ3v) is 6.94. The molecule has 0 radical (unpaired) electrons. The predicted molar refractivity (Wildman–Crippen MR) is 84.9 cm³/mol. The fraction of sp³-hybridized carbons (Fsp3) is 0.0909. The molecule has 1 atom stereocenters. The minimum absolute atomic E-state index is 0.215. The average Bonchev–Trinajstić information content (AvgIpc) is 2.62. The Bertz CT molecular complexity index is 536. The molecule has 0 bridgehead atoms. The van der Waals surface area contributed by atoms with Crippen molar-refractivity contribution in [1.29, 1.82) is 0 Å². The van der Waals surface area contributed by atoms with Gasteiger partial charge in [0.1, 0.15) is 0 Å². The van der Waals surface area contributed by atoms with Crippen LogP contribution in [0.5, 0.6) is 0 Å². The summed E-state index contributed by atoms with van der Waals surface area (Å²) in [5.41, 5.74) is 7.15. The van der Waals surface area contributed by atoms with Crippen molar-refractivity contribution >= 4 is 70.7 Å². The number of nitrogens with two attached hydrogens (primary N) is 1. The Kier molecular flexibility index (Phi) is 4.72. The molecule has 90 valence electrons. The maximum atomic E-state index is 6.24. The van der Waals surface area contributed by atoms with Crippen molar-refractivity contribution in [2.24, 2.45) is 5.73 Å². The zero-order valence-corrected chi connectivity index (χ0v) is 14.7. The standard InChI is InChI=1S/C11H7Br3ClNS/c12-6-3-1-2-5(9(6)15)10(16)8-4-7(13)11(14)17-8/h1-4,10H,16H2. The highest BCUT2D eigenvalue weighted by Gasteiger charge is 2.17. The maximum Gasteiger partial charge on any atom is 0.0843 e. The van der Waals surface area contributed by atoms with Crippen LogP contribution in [0.3, 0.4) is 0 Å². The van der Waals surface area contributed by atoms with E-state index in [1.807, 2.05) is 24.3 Å². The van der Waals surface area contributed by atoms with E-state index in [0.29, 0.717) is 5.02 Å². The van der Waals surface area contributed by atoms with Gasteiger partial charge in [0.2, 0.25) is 0 Å². The highest BCUT2D eigenvalue weighted by molar-refractivity contribution is 9.13. The molecule has 0 spiro atoms. The fourth-order valence-electron chi connectivity index (χ4n) is 1.43. The van der Waals surface area contributed by atoms with E-state index in [-0.39, 0.29) is 6.04 Å². The van der Waals surface area contributed by atoms with Crippen LogP contribution >= 0.6 is 70.7 Å². The number of rotatable bonds is 2. The van der Waals surface area contributed by atoms with Crippen molar-refractivity contribution in [2.45, 2.75) is 6.04 Å². The fourth-order valence-corrected chi connectivity index (χ4v) is 4.17. The molecule has 0 aliphatic heterocycles. The zero-order valence-electron chi connectivity index (χ0n) is 8.38. The molecule has 6 heteroatoms. The van der Waals surface area contributed by atoms with Crippen LogP contribution in [0.25, 0.3) is 0 Å². The predicted octanol–water partition coefficient (Wildman–Crippen LogP) is 5.74. The normalized spacial score (nSPS) is 12.8. The van der Waals surface area contributed by atoms with Gasteiger partial charge in [0.15, 0.2) is 0 Å². The lowest BCUT2D eigenvalue weighted by molar-refractivity contribution is 0.892. The van der Waals surface area contributed by atoms with E-state index in [4.69, 9.17) is 17.3 Å². The first-order chi connectivity index (χ1) is 8.00. The second kappa shape index (κ2) is 5.72. The first-order valence-electron chi connectivity index (χ1n) is 4.65. The van der Waals surface area contributed by atoms with E-state index in [0.717, 1.165) is 23.2 Å². The lowest BCUT2D eigenvalue weighted by Crippen LogP contribution is -2.10. The summed E-state index contributed by atoms with van der Waals surface area (Å²) >= 11 is 18.2. The molecule has 0 aliphatic carbocycles. The quantitative estimate of drug-likeness (QED) is 0.608. The topological polar surface area (TPSA) is 26.0 Å². The Balaban J connectivity index is 2.43. The number of benzene rings is 1. The van der Waals surface area contributed by atoms with Crippen LogP contribution in [-0.4, -0.2) is 0 Å². The molecular weight excluding hydrogens is 453 g/mol. The van der Waals surface area contributed by atoms with Gasteiger partial charge in [-0.1, -0.05) is 23.7 Å². The van der Waals surface area contributed by atoms with Crippen molar-refractivity contribution in [3.8, 4) is 0 Å².